The molecule has 0 bridgehead atoms. The van der Waals surface area contributed by atoms with Crippen molar-refractivity contribution in [2.45, 2.75) is 52.5 Å². The number of carbonyl (C=O) groups is 1. The zero-order valence-corrected chi connectivity index (χ0v) is 13.0. The van der Waals surface area contributed by atoms with Crippen LogP contribution in [0.2, 0.25) is 0 Å². The molecule has 0 aliphatic heterocycles. The Morgan fingerprint density at radius 3 is 2.20 bits per heavy atom. The molecular weight excluding hydrogens is 252 g/mol. The maximum Gasteiger partial charge on any atom is 0.335 e. The van der Waals surface area contributed by atoms with Crippen molar-refractivity contribution in [1.82, 2.24) is 9.55 Å². The van der Waals surface area contributed by atoms with Gasteiger partial charge in [0, 0.05) is 11.0 Å². The van der Waals surface area contributed by atoms with Gasteiger partial charge in [0.05, 0.1) is 16.6 Å². The van der Waals surface area contributed by atoms with Crippen molar-refractivity contribution in [3.05, 3.63) is 29.6 Å². The van der Waals surface area contributed by atoms with Crippen LogP contribution in [-0.2, 0) is 11.0 Å². The van der Waals surface area contributed by atoms with Crippen LogP contribution in [0.5, 0.6) is 0 Å². The number of rotatable bonds is 1. The van der Waals surface area contributed by atoms with Gasteiger partial charge in [0.2, 0.25) is 0 Å². The van der Waals surface area contributed by atoms with Gasteiger partial charge in [0.15, 0.2) is 0 Å². The Labute approximate surface area is 119 Å². The molecule has 20 heavy (non-hydrogen) atoms. The molecule has 0 saturated carbocycles. The largest absolute Gasteiger partial charge is 0.478 e. The fraction of sp³-hybridized carbons (Fsp3) is 0.500. The minimum atomic E-state index is -0.911. The van der Waals surface area contributed by atoms with E-state index < -0.39 is 5.97 Å². The molecule has 0 spiro atoms. The molecular formula is C16H22N2O2. The van der Waals surface area contributed by atoms with Crippen LogP contribution in [0, 0.1) is 0 Å². The quantitative estimate of drug-likeness (QED) is 0.860. The Morgan fingerprint density at radius 1 is 1.15 bits per heavy atom. The fourth-order valence-corrected chi connectivity index (χ4v) is 2.39. The van der Waals surface area contributed by atoms with Gasteiger partial charge >= 0.3 is 5.97 Å². The summed E-state index contributed by atoms with van der Waals surface area (Å²) >= 11 is 0. The Kier molecular flexibility index (Phi) is 3.16. The van der Waals surface area contributed by atoms with E-state index in [9.17, 15) is 9.90 Å². The zero-order valence-electron chi connectivity index (χ0n) is 13.0. The zero-order chi connectivity index (χ0) is 15.3. The fourth-order valence-electron chi connectivity index (χ4n) is 2.39. The van der Waals surface area contributed by atoms with Crippen molar-refractivity contribution in [1.29, 1.82) is 0 Å². The summed E-state index contributed by atoms with van der Waals surface area (Å²) < 4.78 is 2.15. The number of aromatic carboxylic acids is 1. The number of carboxylic acid groups (broad SMARTS) is 1. The van der Waals surface area contributed by atoms with E-state index in [-0.39, 0.29) is 11.0 Å². The van der Waals surface area contributed by atoms with Gasteiger partial charge < -0.3 is 9.67 Å². The van der Waals surface area contributed by atoms with E-state index in [2.05, 4.69) is 46.1 Å². The molecule has 0 aliphatic carbocycles. The highest BCUT2D eigenvalue weighted by Crippen LogP contribution is 2.32. The van der Waals surface area contributed by atoms with Gasteiger partial charge in [-0.05, 0) is 39.0 Å². The Bertz CT molecular complexity index is 670. The number of carboxylic acids is 1. The van der Waals surface area contributed by atoms with Gasteiger partial charge in [-0.3, -0.25) is 0 Å². The predicted octanol–water partition coefficient (Wildman–Crippen LogP) is 3.79. The van der Waals surface area contributed by atoms with E-state index in [1.165, 1.54) is 0 Å². The Balaban J connectivity index is 2.86. The van der Waals surface area contributed by atoms with Gasteiger partial charge in [-0.1, -0.05) is 20.8 Å². The Morgan fingerprint density at radius 2 is 1.75 bits per heavy atom. The van der Waals surface area contributed by atoms with Crippen LogP contribution in [0.4, 0.5) is 0 Å². The molecule has 1 heterocycles. The molecule has 4 heteroatoms. The second-order valence-electron chi connectivity index (χ2n) is 7.20. The number of nitrogens with zero attached hydrogens (tertiary/aromatic N) is 2. The van der Waals surface area contributed by atoms with Crippen LogP contribution in [0.1, 0.15) is 57.7 Å². The number of hydrogen-bond donors (Lipinski definition) is 1. The van der Waals surface area contributed by atoms with Crippen molar-refractivity contribution in [2.75, 3.05) is 0 Å². The van der Waals surface area contributed by atoms with Crippen molar-refractivity contribution in [3.8, 4) is 0 Å². The number of hydrogen-bond acceptors (Lipinski definition) is 2. The topological polar surface area (TPSA) is 55.1 Å². The highest BCUT2D eigenvalue weighted by molar-refractivity contribution is 5.92. The monoisotopic (exact) mass is 274 g/mol. The van der Waals surface area contributed by atoms with E-state index >= 15 is 0 Å². The maximum absolute atomic E-state index is 11.2. The molecule has 1 aromatic carbocycles. The summed E-state index contributed by atoms with van der Waals surface area (Å²) in [6.45, 7) is 12.7. The third kappa shape index (κ3) is 2.42. The summed E-state index contributed by atoms with van der Waals surface area (Å²) in [6, 6.07) is 5.11. The van der Waals surface area contributed by atoms with E-state index in [1.54, 1.807) is 18.2 Å². The van der Waals surface area contributed by atoms with Gasteiger partial charge in [-0.2, -0.15) is 0 Å². The van der Waals surface area contributed by atoms with Crippen LogP contribution in [0.15, 0.2) is 18.2 Å². The summed E-state index contributed by atoms with van der Waals surface area (Å²) in [5.74, 6) is 0.0633. The first-order chi connectivity index (χ1) is 9.01. The second-order valence-corrected chi connectivity index (χ2v) is 7.20. The first-order valence-corrected chi connectivity index (χ1v) is 6.78. The maximum atomic E-state index is 11.2. The van der Waals surface area contributed by atoms with Crippen LogP contribution in [0.3, 0.4) is 0 Å². The van der Waals surface area contributed by atoms with Crippen molar-refractivity contribution in [2.24, 2.45) is 0 Å². The summed E-state index contributed by atoms with van der Waals surface area (Å²) in [5.41, 5.74) is 1.75. The molecule has 0 unspecified atom stereocenters. The molecule has 0 atom stereocenters. The highest BCUT2D eigenvalue weighted by atomic mass is 16.4. The normalized spacial score (nSPS) is 12.9. The number of benzene rings is 1. The molecule has 0 saturated heterocycles. The molecule has 0 aliphatic rings. The SMILES string of the molecule is CC(C)(C)c1nc2ccc(C(=O)O)cc2n1C(C)(C)C. The minimum Gasteiger partial charge on any atom is -0.478 e. The molecule has 1 aromatic heterocycles. The van der Waals surface area contributed by atoms with Crippen LogP contribution >= 0.6 is 0 Å². The molecule has 4 nitrogen and oxygen atoms in total. The van der Waals surface area contributed by atoms with Gasteiger partial charge in [-0.15, -0.1) is 0 Å². The molecule has 0 amide bonds. The lowest BCUT2D eigenvalue weighted by atomic mass is 9.94. The molecule has 2 aromatic rings. The van der Waals surface area contributed by atoms with Gasteiger partial charge in [-0.25, -0.2) is 9.78 Å². The molecule has 0 fully saturated rings. The minimum absolute atomic E-state index is 0.102. The average molecular weight is 274 g/mol. The lowest BCUT2D eigenvalue weighted by Gasteiger charge is -2.29. The van der Waals surface area contributed by atoms with Crippen LogP contribution in [-0.4, -0.2) is 20.6 Å². The molecule has 2 rings (SSSR count). The highest BCUT2D eigenvalue weighted by Gasteiger charge is 2.28. The lowest BCUT2D eigenvalue weighted by molar-refractivity contribution is 0.0697. The van der Waals surface area contributed by atoms with Gasteiger partial charge in [0.25, 0.3) is 0 Å². The third-order valence-electron chi connectivity index (χ3n) is 3.24. The van der Waals surface area contributed by atoms with Crippen molar-refractivity contribution in [3.63, 3.8) is 0 Å². The predicted molar refractivity (Wildman–Crippen MR) is 80.4 cm³/mol. The Hall–Kier alpha value is -1.84. The summed E-state index contributed by atoms with van der Waals surface area (Å²) in [4.78, 5) is 15.9. The standard InChI is InChI=1S/C16H22N2O2/c1-15(2,3)14-17-11-8-7-10(13(19)20)9-12(11)18(14)16(4,5)6/h7-9H,1-6H3,(H,19,20). The lowest BCUT2D eigenvalue weighted by Crippen LogP contribution is -2.29. The van der Waals surface area contributed by atoms with Crippen LogP contribution in [0.25, 0.3) is 11.0 Å². The van der Waals surface area contributed by atoms with E-state index in [0.717, 1.165) is 16.9 Å². The first kappa shape index (κ1) is 14.6. The molecule has 0 radical (unpaired) electrons. The number of imidazole rings is 1. The van der Waals surface area contributed by atoms with Crippen molar-refractivity contribution < 1.29 is 9.90 Å². The smallest absolute Gasteiger partial charge is 0.335 e. The second kappa shape index (κ2) is 4.33. The summed E-state index contributed by atoms with van der Waals surface area (Å²) in [5, 5.41) is 9.17. The van der Waals surface area contributed by atoms with Crippen molar-refractivity contribution >= 4 is 17.0 Å². The van der Waals surface area contributed by atoms with Gasteiger partial charge in [0.1, 0.15) is 5.82 Å². The number of aromatic nitrogens is 2. The number of fused-ring (bicyclic) bond motifs is 1. The molecule has 1 N–H and O–H groups in total. The third-order valence-corrected chi connectivity index (χ3v) is 3.24. The molecule has 108 valence electrons. The first-order valence-electron chi connectivity index (χ1n) is 6.78. The summed E-state index contributed by atoms with van der Waals surface area (Å²) in [7, 11) is 0. The van der Waals surface area contributed by atoms with E-state index in [0.29, 0.717) is 5.56 Å². The average Bonchev–Trinajstić information content (AvgIpc) is 2.65. The summed E-state index contributed by atoms with van der Waals surface area (Å²) in [6.07, 6.45) is 0. The van der Waals surface area contributed by atoms with Crippen LogP contribution < -0.4 is 0 Å². The van der Waals surface area contributed by atoms with E-state index in [4.69, 9.17) is 4.98 Å². The van der Waals surface area contributed by atoms with E-state index in [1.807, 2.05) is 0 Å².